The number of aliphatic hydroxyl groups is 5. The molecule has 0 aliphatic carbocycles. The molecule has 5 N–H and O–H groups in total. The van der Waals surface area contributed by atoms with Crippen LogP contribution in [0.3, 0.4) is 0 Å². The summed E-state index contributed by atoms with van der Waals surface area (Å²) in [4.78, 5) is 0. The van der Waals surface area contributed by atoms with E-state index in [0.717, 1.165) is 0 Å². The summed E-state index contributed by atoms with van der Waals surface area (Å²) in [6.07, 6.45) is -7.04. The quantitative estimate of drug-likeness (QED) is 0.290. The van der Waals surface area contributed by atoms with Gasteiger partial charge in [0.05, 0.1) is 6.61 Å². The van der Waals surface area contributed by atoms with E-state index in [0.29, 0.717) is 0 Å². The first-order chi connectivity index (χ1) is 5.57. The Morgan fingerprint density at radius 1 is 0.917 bits per heavy atom. The van der Waals surface area contributed by atoms with E-state index in [9.17, 15) is 0 Å². The summed E-state index contributed by atoms with van der Waals surface area (Å²) < 4.78 is 4.58. The highest BCUT2D eigenvalue weighted by Gasteiger charge is 2.42. The van der Waals surface area contributed by atoms with Gasteiger partial charge in [-0.05, 0) is 0 Å². The molecule has 0 aromatic carbocycles. The number of rotatable bonds is 1. The van der Waals surface area contributed by atoms with Crippen LogP contribution < -0.4 is 0 Å². The fourth-order valence-electron chi connectivity index (χ4n) is 1.08. The summed E-state index contributed by atoms with van der Waals surface area (Å²) in [5.74, 6) is 0. The Labute approximate surface area is 68.6 Å². The second-order valence-electron chi connectivity index (χ2n) is 2.72. The van der Waals surface area contributed by atoms with Crippen LogP contribution in [0.4, 0.5) is 0 Å². The molecule has 1 saturated heterocycles. The molecule has 0 bridgehead atoms. The highest BCUT2D eigenvalue weighted by Crippen LogP contribution is 2.18. The van der Waals surface area contributed by atoms with Gasteiger partial charge >= 0.3 is 0 Å². The predicted octanol–water partition coefficient (Wildman–Crippen LogP) is -3.22. The van der Waals surface area contributed by atoms with E-state index in [-0.39, 0.29) is 0 Å². The zero-order valence-electron chi connectivity index (χ0n) is 6.24. The van der Waals surface area contributed by atoms with E-state index >= 15 is 0 Å². The summed E-state index contributed by atoms with van der Waals surface area (Å²) in [5.41, 5.74) is 0. The van der Waals surface area contributed by atoms with Crippen LogP contribution in [0.2, 0.25) is 0 Å². The maximum Gasteiger partial charge on any atom is 0.184 e. The first-order valence-corrected chi connectivity index (χ1v) is 3.56. The molecular weight excluding hydrogens is 168 g/mol. The minimum atomic E-state index is -1.57. The Morgan fingerprint density at radius 3 is 2.00 bits per heavy atom. The number of ether oxygens (including phenoxy) is 1. The van der Waals surface area contributed by atoms with Gasteiger partial charge in [-0.15, -0.1) is 0 Å². The van der Waals surface area contributed by atoms with E-state index in [1.165, 1.54) is 0 Å². The van der Waals surface area contributed by atoms with Crippen molar-refractivity contribution in [1.82, 2.24) is 0 Å². The molecular formula is C6H12O6. The van der Waals surface area contributed by atoms with Crippen molar-refractivity contribution in [3.05, 3.63) is 0 Å². The molecule has 1 fully saturated rings. The second kappa shape index (κ2) is 3.65. The summed E-state index contributed by atoms with van der Waals surface area (Å²) >= 11 is 0. The largest absolute Gasteiger partial charge is 0.394 e. The van der Waals surface area contributed by atoms with Crippen molar-refractivity contribution in [3.8, 4) is 0 Å². The van der Waals surface area contributed by atoms with Gasteiger partial charge in [0.2, 0.25) is 0 Å². The van der Waals surface area contributed by atoms with Crippen molar-refractivity contribution in [3.63, 3.8) is 0 Å². The molecule has 1 aliphatic rings. The average molecular weight is 180 g/mol. The van der Waals surface area contributed by atoms with Crippen LogP contribution in [-0.2, 0) is 4.74 Å². The first kappa shape index (κ1) is 9.85. The van der Waals surface area contributed by atoms with E-state index in [1.54, 1.807) is 0 Å². The smallest absolute Gasteiger partial charge is 0.184 e. The van der Waals surface area contributed by atoms with Crippen LogP contribution >= 0.6 is 0 Å². The molecule has 0 amide bonds. The molecule has 1 aliphatic heterocycles. The van der Waals surface area contributed by atoms with Gasteiger partial charge in [-0.25, -0.2) is 0 Å². The van der Waals surface area contributed by atoms with Crippen molar-refractivity contribution in [2.75, 3.05) is 6.61 Å². The lowest BCUT2D eigenvalue weighted by molar-refractivity contribution is -0.286. The van der Waals surface area contributed by atoms with E-state index in [1.807, 2.05) is 0 Å². The Morgan fingerprint density at radius 2 is 1.50 bits per heavy atom. The van der Waals surface area contributed by atoms with Gasteiger partial charge < -0.3 is 30.3 Å². The van der Waals surface area contributed by atoms with E-state index in [4.69, 9.17) is 25.5 Å². The molecule has 12 heavy (non-hydrogen) atoms. The van der Waals surface area contributed by atoms with Gasteiger partial charge in [0.1, 0.15) is 24.4 Å². The SMILES string of the molecule is OC[C@@H]1O[C@H](O)[C@H](O)C(O)[C@H]1O. The standard InChI is InChI=1S/C6H12O6/c7-1-2-3(8)4(9)5(10)6(11)12-2/h2-11H,1H2/t2-,3-,4?,5+,6-/m0/s1. The van der Waals surface area contributed by atoms with Crippen LogP contribution in [0.15, 0.2) is 0 Å². The monoisotopic (exact) mass is 180 g/mol. The molecule has 1 unspecified atom stereocenters. The van der Waals surface area contributed by atoms with Gasteiger partial charge in [0.25, 0.3) is 0 Å². The average Bonchev–Trinajstić information content (AvgIpc) is 2.08. The number of hydrogen-bond acceptors (Lipinski definition) is 6. The van der Waals surface area contributed by atoms with Gasteiger partial charge in [0, 0.05) is 0 Å². The Kier molecular flexibility index (Phi) is 2.99. The minimum Gasteiger partial charge on any atom is -0.394 e. The summed E-state index contributed by atoms with van der Waals surface area (Å²) in [6.45, 7) is -0.526. The summed E-state index contributed by atoms with van der Waals surface area (Å²) in [7, 11) is 0. The molecule has 0 aromatic heterocycles. The van der Waals surface area contributed by atoms with Crippen molar-refractivity contribution in [1.29, 1.82) is 0 Å². The van der Waals surface area contributed by atoms with Crippen molar-refractivity contribution >= 4 is 0 Å². The Bertz CT molecular complexity index is 146. The summed E-state index contributed by atoms with van der Waals surface area (Å²) in [6, 6.07) is 0. The molecule has 0 aromatic rings. The number of hydrogen-bond donors (Lipinski definition) is 5. The van der Waals surface area contributed by atoms with Gasteiger partial charge in [-0.3, -0.25) is 0 Å². The van der Waals surface area contributed by atoms with Crippen LogP contribution in [-0.4, -0.2) is 62.8 Å². The Hall–Kier alpha value is -0.240. The van der Waals surface area contributed by atoms with Gasteiger partial charge in [-0.1, -0.05) is 0 Å². The van der Waals surface area contributed by atoms with Gasteiger partial charge in [0.15, 0.2) is 6.29 Å². The molecule has 0 radical (unpaired) electrons. The third-order valence-corrected chi connectivity index (χ3v) is 1.87. The zero-order valence-corrected chi connectivity index (χ0v) is 6.24. The third kappa shape index (κ3) is 1.58. The van der Waals surface area contributed by atoms with Crippen LogP contribution in [0.25, 0.3) is 0 Å². The molecule has 0 spiro atoms. The highest BCUT2D eigenvalue weighted by atomic mass is 16.6. The normalized spacial score (nSPS) is 49.2. The molecule has 5 atom stereocenters. The third-order valence-electron chi connectivity index (χ3n) is 1.87. The van der Waals surface area contributed by atoms with Crippen molar-refractivity contribution in [2.45, 2.75) is 30.7 Å². The van der Waals surface area contributed by atoms with E-state index in [2.05, 4.69) is 4.74 Å². The fraction of sp³-hybridized carbons (Fsp3) is 1.00. The van der Waals surface area contributed by atoms with Crippen molar-refractivity contribution in [2.24, 2.45) is 0 Å². The maximum atomic E-state index is 9.12. The zero-order chi connectivity index (χ0) is 9.30. The lowest BCUT2D eigenvalue weighted by Gasteiger charge is -2.37. The molecule has 6 heteroatoms. The molecule has 0 saturated carbocycles. The molecule has 72 valence electrons. The highest BCUT2D eigenvalue weighted by molar-refractivity contribution is 4.87. The molecule has 1 heterocycles. The first-order valence-electron chi connectivity index (χ1n) is 3.56. The van der Waals surface area contributed by atoms with Crippen LogP contribution in [0, 0.1) is 0 Å². The second-order valence-corrected chi connectivity index (χ2v) is 2.72. The van der Waals surface area contributed by atoms with Crippen molar-refractivity contribution < 1.29 is 30.3 Å². The molecule has 6 nitrogen and oxygen atoms in total. The lowest BCUT2D eigenvalue weighted by atomic mass is 10.00. The van der Waals surface area contributed by atoms with Gasteiger partial charge in [-0.2, -0.15) is 0 Å². The fourth-order valence-corrected chi connectivity index (χ4v) is 1.08. The minimum absolute atomic E-state index is 0.526. The molecule has 1 rings (SSSR count). The van der Waals surface area contributed by atoms with Crippen LogP contribution in [0.5, 0.6) is 0 Å². The van der Waals surface area contributed by atoms with Crippen LogP contribution in [0.1, 0.15) is 0 Å². The van der Waals surface area contributed by atoms with E-state index < -0.39 is 37.3 Å². The maximum absolute atomic E-state index is 9.12. The lowest BCUT2D eigenvalue weighted by Crippen LogP contribution is -2.58. The topological polar surface area (TPSA) is 110 Å². The number of aliphatic hydroxyl groups excluding tert-OH is 5. The summed E-state index contributed by atoms with van der Waals surface area (Å²) in [5, 5.41) is 44.7. The predicted molar refractivity (Wildman–Crippen MR) is 36.0 cm³/mol. The Balaban J connectivity index is 2.63.